The van der Waals surface area contributed by atoms with Crippen LogP contribution >= 0.6 is 0 Å². The number of hydrogen-bond donors (Lipinski definition) is 2. The molecule has 1 atom stereocenters. The number of amides is 2. The lowest BCUT2D eigenvalue weighted by Gasteiger charge is -2.23. The number of likely N-dealkylation sites (N-methyl/N-ethyl adjacent to an activating group) is 1. The Hall–Kier alpha value is -2.60. The number of benzene rings is 1. The fourth-order valence-corrected chi connectivity index (χ4v) is 2.28. The third-order valence-corrected chi connectivity index (χ3v) is 3.40. The molecule has 122 valence electrons. The molecule has 2 N–H and O–H groups in total. The predicted molar refractivity (Wildman–Crippen MR) is 91.6 cm³/mol. The van der Waals surface area contributed by atoms with Gasteiger partial charge in [0, 0.05) is 25.9 Å². The quantitative estimate of drug-likeness (QED) is 0.884. The van der Waals surface area contributed by atoms with Crippen LogP contribution in [0.3, 0.4) is 0 Å². The minimum absolute atomic E-state index is 0.120. The monoisotopic (exact) mass is 314 g/mol. The average Bonchev–Trinajstić information content (AvgIpc) is 2.51. The van der Waals surface area contributed by atoms with Gasteiger partial charge in [-0.15, -0.1) is 0 Å². The molecular formula is C17H22N4O2. The van der Waals surface area contributed by atoms with Gasteiger partial charge in [0.05, 0.1) is 11.7 Å². The summed E-state index contributed by atoms with van der Waals surface area (Å²) in [4.78, 5) is 25.6. The Bertz CT molecular complexity index is 710. The van der Waals surface area contributed by atoms with Crippen molar-refractivity contribution in [1.82, 2.24) is 14.8 Å². The fourth-order valence-electron chi connectivity index (χ4n) is 2.28. The van der Waals surface area contributed by atoms with E-state index in [1.807, 2.05) is 49.3 Å². The lowest BCUT2D eigenvalue weighted by Crippen LogP contribution is -2.38. The van der Waals surface area contributed by atoms with Gasteiger partial charge in [0.25, 0.3) is 0 Å². The number of carbonyl (C=O) groups is 1. The number of rotatable bonds is 5. The molecule has 6 nitrogen and oxygen atoms in total. The number of nitrogens with one attached hydrogen (secondary N) is 2. The first-order chi connectivity index (χ1) is 11.0. The highest BCUT2D eigenvalue weighted by Crippen LogP contribution is 2.13. The van der Waals surface area contributed by atoms with Crippen LogP contribution in [0.15, 0.2) is 53.5 Å². The van der Waals surface area contributed by atoms with Gasteiger partial charge in [-0.3, -0.25) is 4.79 Å². The van der Waals surface area contributed by atoms with Crippen molar-refractivity contribution < 1.29 is 4.79 Å². The fraction of sp³-hybridized carbons (Fsp3) is 0.294. The summed E-state index contributed by atoms with van der Waals surface area (Å²) in [6, 6.07) is 12.4. The van der Waals surface area contributed by atoms with Crippen molar-refractivity contribution in [3.8, 4) is 0 Å². The Kier molecular flexibility index (Phi) is 5.54. The molecule has 2 aromatic rings. The maximum absolute atomic E-state index is 12.2. The van der Waals surface area contributed by atoms with Gasteiger partial charge in [-0.1, -0.05) is 30.3 Å². The largest absolute Gasteiger partial charge is 0.330 e. The lowest BCUT2D eigenvalue weighted by atomic mass is 10.1. The molecule has 0 aliphatic carbocycles. The maximum atomic E-state index is 12.2. The highest BCUT2D eigenvalue weighted by molar-refractivity contribution is 5.89. The van der Waals surface area contributed by atoms with Crippen molar-refractivity contribution in [2.45, 2.75) is 6.04 Å². The molecule has 0 spiro atoms. The van der Waals surface area contributed by atoms with Crippen molar-refractivity contribution in [3.05, 3.63) is 64.6 Å². The van der Waals surface area contributed by atoms with E-state index in [4.69, 9.17) is 0 Å². The molecular weight excluding hydrogens is 292 g/mol. The summed E-state index contributed by atoms with van der Waals surface area (Å²) in [5.74, 6) is 0. The second-order valence-corrected chi connectivity index (χ2v) is 5.69. The SMILES string of the molecule is CN(C)C[C@H](NC(=O)Nc1ccc(=O)n(C)c1)c1ccccc1. The summed E-state index contributed by atoms with van der Waals surface area (Å²) in [7, 11) is 5.56. The van der Waals surface area contributed by atoms with E-state index < -0.39 is 0 Å². The van der Waals surface area contributed by atoms with E-state index in [0.717, 1.165) is 5.56 Å². The molecule has 0 saturated heterocycles. The number of hydrogen-bond acceptors (Lipinski definition) is 3. The van der Waals surface area contributed by atoms with E-state index in [0.29, 0.717) is 12.2 Å². The highest BCUT2D eigenvalue weighted by Gasteiger charge is 2.15. The van der Waals surface area contributed by atoms with E-state index in [-0.39, 0.29) is 17.6 Å². The zero-order valence-electron chi connectivity index (χ0n) is 13.6. The molecule has 6 heteroatoms. The van der Waals surface area contributed by atoms with Gasteiger partial charge in [0.2, 0.25) is 5.56 Å². The second-order valence-electron chi connectivity index (χ2n) is 5.69. The third-order valence-electron chi connectivity index (χ3n) is 3.40. The molecule has 0 fully saturated rings. The van der Waals surface area contributed by atoms with Crippen LogP contribution in [-0.4, -0.2) is 36.1 Å². The zero-order chi connectivity index (χ0) is 16.8. The van der Waals surface area contributed by atoms with Crippen molar-refractivity contribution in [3.63, 3.8) is 0 Å². The number of nitrogens with zero attached hydrogens (tertiary/aromatic N) is 2. The van der Waals surface area contributed by atoms with Crippen molar-refractivity contribution in [1.29, 1.82) is 0 Å². The van der Waals surface area contributed by atoms with Crippen LogP contribution < -0.4 is 16.2 Å². The molecule has 0 aliphatic heterocycles. The number of pyridine rings is 1. The first kappa shape index (κ1) is 16.8. The molecule has 23 heavy (non-hydrogen) atoms. The zero-order valence-corrected chi connectivity index (χ0v) is 13.6. The van der Waals surface area contributed by atoms with Crippen LogP contribution in [0.1, 0.15) is 11.6 Å². The van der Waals surface area contributed by atoms with Gasteiger partial charge in [0.15, 0.2) is 0 Å². The van der Waals surface area contributed by atoms with Crippen molar-refractivity contribution >= 4 is 11.7 Å². The van der Waals surface area contributed by atoms with Gasteiger partial charge in [-0.25, -0.2) is 4.79 Å². The van der Waals surface area contributed by atoms with Crippen LogP contribution in [0.4, 0.5) is 10.5 Å². The van der Waals surface area contributed by atoms with Crippen LogP contribution in [-0.2, 0) is 7.05 Å². The van der Waals surface area contributed by atoms with E-state index >= 15 is 0 Å². The number of aromatic nitrogens is 1. The van der Waals surface area contributed by atoms with Gasteiger partial charge < -0.3 is 20.1 Å². The Balaban J connectivity index is 2.08. The lowest BCUT2D eigenvalue weighted by molar-refractivity contribution is 0.244. The van der Waals surface area contributed by atoms with Gasteiger partial charge in [-0.05, 0) is 25.7 Å². The second kappa shape index (κ2) is 7.60. The van der Waals surface area contributed by atoms with Crippen molar-refractivity contribution in [2.24, 2.45) is 7.05 Å². The Morgan fingerprint density at radius 1 is 1.17 bits per heavy atom. The topological polar surface area (TPSA) is 66.4 Å². The minimum atomic E-state index is -0.306. The van der Waals surface area contributed by atoms with Crippen molar-refractivity contribution in [2.75, 3.05) is 26.0 Å². The number of anilines is 1. The van der Waals surface area contributed by atoms with E-state index in [1.165, 1.54) is 10.6 Å². The van der Waals surface area contributed by atoms with E-state index in [1.54, 1.807) is 19.3 Å². The number of carbonyl (C=O) groups excluding carboxylic acids is 1. The Morgan fingerprint density at radius 2 is 1.87 bits per heavy atom. The van der Waals surface area contributed by atoms with Crippen LogP contribution in [0.2, 0.25) is 0 Å². The summed E-state index contributed by atoms with van der Waals surface area (Å²) in [6.07, 6.45) is 1.59. The first-order valence-electron chi connectivity index (χ1n) is 7.39. The number of urea groups is 1. The molecule has 0 unspecified atom stereocenters. The van der Waals surface area contributed by atoms with Gasteiger partial charge >= 0.3 is 6.03 Å². The molecule has 2 amide bonds. The summed E-state index contributed by atoms with van der Waals surface area (Å²) in [6.45, 7) is 0.685. The Labute approximate surface area is 135 Å². The van der Waals surface area contributed by atoms with E-state index in [2.05, 4.69) is 10.6 Å². The summed E-state index contributed by atoms with van der Waals surface area (Å²) < 4.78 is 1.42. The molecule has 0 radical (unpaired) electrons. The van der Waals surface area contributed by atoms with E-state index in [9.17, 15) is 9.59 Å². The third kappa shape index (κ3) is 4.96. The minimum Gasteiger partial charge on any atom is -0.330 e. The van der Waals surface area contributed by atoms with Gasteiger partial charge in [0.1, 0.15) is 0 Å². The van der Waals surface area contributed by atoms with Crippen LogP contribution in [0, 0.1) is 0 Å². The van der Waals surface area contributed by atoms with Crippen LogP contribution in [0.25, 0.3) is 0 Å². The smallest absolute Gasteiger partial charge is 0.319 e. The predicted octanol–water partition coefficient (Wildman–Crippen LogP) is 1.81. The summed E-state index contributed by atoms with van der Waals surface area (Å²) in [5, 5.41) is 5.72. The molecule has 1 aromatic heterocycles. The van der Waals surface area contributed by atoms with Crippen LogP contribution in [0.5, 0.6) is 0 Å². The first-order valence-corrected chi connectivity index (χ1v) is 7.39. The molecule has 2 rings (SSSR count). The van der Waals surface area contributed by atoms with Gasteiger partial charge in [-0.2, -0.15) is 0 Å². The average molecular weight is 314 g/mol. The standard InChI is InChI=1S/C17H22N4O2/c1-20(2)12-15(13-7-5-4-6-8-13)19-17(23)18-14-9-10-16(22)21(3)11-14/h4-11,15H,12H2,1-3H3,(H2,18,19,23)/t15-/m0/s1. The molecule has 1 aromatic carbocycles. The molecule has 0 bridgehead atoms. The highest BCUT2D eigenvalue weighted by atomic mass is 16.2. The maximum Gasteiger partial charge on any atom is 0.319 e. The molecule has 0 aliphatic rings. The number of aryl methyl sites for hydroxylation is 1. The summed E-state index contributed by atoms with van der Waals surface area (Å²) >= 11 is 0. The Morgan fingerprint density at radius 3 is 2.48 bits per heavy atom. The molecule has 0 saturated carbocycles. The normalized spacial score (nSPS) is 12.0. The molecule has 1 heterocycles. The summed E-state index contributed by atoms with van der Waals surface area (Å²) in [5.41, 5.74) is 1.49.